The molecule has 1 amide bonds. The number of likely N-dealkylation sites (tertiary alicyclic amines) is 1. The van der Waals surface area contributed by atoms with Crippen molar-refractivity contribution in [1.29, 1.82) is 0 Å². The molecule has 2 aromatic rings. The molecule has 4 nitrogen and oxygen atoms in total. The van der Waals surface area contributed by atoms with E-state index in [1.54, 1.807) is 6.26 Å². The lowest BCUT2D eigenvalue weighted by atomic mass is 10.0. The van der Waals surface area contributed by atoms with Gasteiger partial charge in [-0.2, -0.15) is 0 Å². The summed E-state index contributed by atoms with van der Waals surface area (Å²) in [4.78, 5) is 14.9. The number of rotatable bonds is 5. The molecule has 2 aliphatic rings. The quantitative estimate of drug-likeness (QED) is 0.919. The van der Waals surface area contributed by atoms with Gasteiger partial charge in [0.05, 0.1) is 6.26 Å². The second kappa shape index (κ2) is 6.81. The van der Waals surface area contributed by atoms with Crippen LogP contribution in [0.25, 0.3) is 0 Å². The van der Waals surface area contributed by atoms with Crippen molar-refractivity contribution in [2.75, 3.05) is 13.1 Å². The Morgan fingerprint density at radius 3 is 2.88 bits per heavy atom. The lowest BCUT2D eigenvalue weighted by Crippen LogP contribution is -2.47. The number of furan rings is 1. The summed E-state index contributed by atoms with van der Waals surface area (Å²) in [6.07, 6.45) is 4.82. The highest BCUT2D eigenvalue weighted by Gasteiger charge is 2.46. The molecule has 126 valence electrons. The van der Waals surface area contributed by atoms with E-state index in [0.29, 0.717) is 0 Å². The van der Waals surface area contributed by atoms with Crippen molar-refractivity contribution in [1.82, 2.24) is 10.2 Å². The van der Waals surface area contributed by atoms with E-state index in [0.717, 1.165) is 44.7 Å². The number of nitrogens with zero attached hydrogens (tertiary/aromatic N) is 1. The molecule has 1 aromatic carbocycles. The number of benzene rings is 1. The molecule has 3 atom stereocenters. The number of hydrogen-bond donors (Lipinski definition) is 1. The fourth-order valence-electron chi connectivity index (χ4n) is 3.77. The highest BCUT2D eigenvalue weighted by atomic mass is 16.3. The Morgan fingerprint density at radius 2 is 2.08 bits per heavy atom. The molecule has 2 heterocycles. The summed E-state index contributed by atoms with van der Waals surface area (Å²) in [6, 6.07) is 14.7. The highest BCUT2D eigenvalue weighted by Crippen LogP contribution is 2.47. The smallest absolute Gasteiger partial charge is 0.224 e. The number of nitrogens with one attached hydrogen (secondary N) is 1. The van der Waals surface area contributed by atoms with Crippen LogP contribution in [0.4, 0.5) is 0 Å². The zero-order chi connectivity index (χ0) is 16.4. The van der Waals surface area contributed by atoms with Crippen molar-refractivity contribution in [3.8, 4) is 0 Å². The van der Waals surface area contributed by atoms with Crippen LogP contribution in [0.15, 0.2) is 53.1 Å². The minimum Gasteiger partial charge on any atom is -0.469 e. The summed E-state index contributed by atoms with van der Waals surface area (Å²) in [6.45, 7) is 3.02. The minimum absolute atomic E-state index is 0.0978. The number of carbonyl (C=O) groups is 1. The number of amides is 1. The maximum atomic E-state index is 12.5. The molecule has 0 spiro atoms. The summed E-state index contributed by atoms with van der Waals surface area (Å²) in [5.41, 5.74) is 1.34. The molecule has 3 unspecified atom stereocenters. The predicted octanol–water partition coefficient (Wildman–Crippen LogP) is 3.16. The van der Waals surface area contributed by atoms with Crippen molar-refractivity contribution in [3.63, 3.8) is 0 Å². The van der Waals surface area contributed by atoms with Crippen LogP contribution in [0.3, 0.4) is 0 Å². The van der Waals surface area contributed by atoms with E-state index in [9.17, 15) is 4.79 Å². The number of hydrogen-bond acceptors (Lipinski definition) is 3. The van der Waals surface area contributed by atoms with Crippen molar-refractivity contribution in [2.45, 2.75) is 37.8 Å². The monoisotopic (exact) mass is 324 g/mol. The normalized spacial score (nSPS) is 26.9. The third-order valence-electron chi connectivity index (χ3n) is 5.14. The van der Waals surface area contributed by atoms with Crippen LogP contribution >= 0.6 is 0 Å². The maximum absolute atomic E-state index is 12.5. The Bertz CT molecular complexity index is 668. The maximum Gasteiger partial charge on any atom is 0.224 e. The van der Waals surface area contributed by atoms with Gasteiger partial charge in [-0.05, 0) is 43.5 Å². The van der Waals surface area contributed by atoms with Crippen LogP contribution in [0.5, 0.6) is 0 Å². The number of piperidine rings is 1. The molecule has 4 rings (SSSR count). The van der Waals surface area contributed by atoms with E-state index in [4.69, 9.17) is 4.42 Å². The van der Waals surface area contributed by atoms with Gasteiger partial charge < -0.3 is 9.73 Å². The molecule has 1 aromatic heterocycles. The first kappa shape index (κ1) is 15.5. The van der Waals surface area contributed by atoms with E-state index < -0.39 is 0 Å². The van der Waals surface area contributed by atoms with Crippen molar-refractivity contribution < 1.29 is 9.21 Å². The molecule has 0 bridgehead atoms. The first-order valence-electron chi connectivity index (χ1n) is 8.89. The lowest BCUT2D eigenvalue weighted by Gasteiger charge is -2.33. The topological polar surface area (TPSA) is 45.5 Å². The largest absolute Gasteiger partial charge is 0.469 e. The van der Waals surface area contributed by atoms with Crippen LogP contribution in [-0.2, 0) is 11.3 Å². The van der Waals surface area contributed by atoms with E-state index >= 15 is 0 Å². The van der Waals surface area contributed by atoms with Gasteiger partial charge in [-0.15, -0.1) is 0 Å². The SMILES string of the molecule is O=C(NC1CCCN(Cc2ccccc2)C1)C1CC1c1ccco1. The highest BCUT2D eigenvalue weighted by molar-refractivity contribution is 5.83. The Hall–Kier alpha value is -2.07. The van der Waals surface area contributed by atoms with E-state index in [-0.39, 0.29) is 23.8 Å². The fourth-order valence-corrected chi connectivity index (χ4v) is 3.77. The van der Waals surface area contributed by atoms with Crippen LogP contribution in [0, 0.1) is 5.92 Å². The first-order chi connectivity index (χ1) is 11.8. The predicted molar refractivity (Wildman–Crippen MR) is 92.4 cm³/mol. The Balaban J connectivity index is 1.28. The molecule has 24 heavy (non-hydrogen) atoms. The van der Waals surface area contributed by atoms with Crippen molar-refractivity contribution >= 4 is 5.91 Å². The molecular formula is C20H24N2O2. The van der Waals surface area contributed by atoms with Gasteiger partial charge >= 0.3 is 0 Å². The fraction of sp³-hybridized carbons (Fsp3) is 0.450. The third-order valence-corrected chi connectivity index (χ3v) is 5.14. The van der Waals surface area contributed by atoms with Gasteiger partial charge in [0.2, 0.25) is 5.91 Å². The third kappa shape index (κ3) is 3.54. The summed E-state index contributed by atoms with van der Waals surface area (Å²) in [5.74, 6) is 1.53. The van der Waals surface area contributed by atoms with Crippen molar-refractivity contribution in [3.05, 3.63) is 60.1 Å². The zero-order valence-corrected chi connectivity index (χ0v) is 13.9. The molecule has 0 radical (unpaired) electrons. The van der Waals surface area contributed by atoms with Gasteiger partial charge in [0.25, 0.3) is 0 Å². The van der Waals surface area contributed by atoms with Crippen LogP contribution < -0.4 is 5.32 Å². The van der Waals surface area contributed by atoms with Crippen LogP contribution in [0.2, 0.25) is 0 Å². The van der Waals surface area contributed by atoms with Crippen LogP contribution in [0.1, 0.15) is 36.5 Å². The summed E-state index contributed by atoms with van der Waals surface area (Å²) < 4.78 is 5.42. The van der Waals surface area contributed by atoms with Gasteiger partial charge in [0.15, 0.2) is 0 Å². The molecule has 1 aliphatic heterocycles. The second-order valence-electron chi connectivity index (χ2n) is 7.03. The molecule has 4 heteroatoms. The van der Waals surface area contributed by atoms with E-state index in [1.807, 2.05) is 18.2 Å². The average Bonchev–Trinajstić information content (AvgIpc) is 3.22. The summed E-state index contributed by atoms with van der Waals surface area (Å²) in [5, 5.41) is 3.27. The van der Waals surface area contributed by atoms with E-state index in [2.05, 4.69) is 34.5 Å². The summed E-state index contributed by atoms with van der Waals surface area (Å²) >= 11 is 0. The van der Waals surface area contributed by atoms with Gasteiger partial charge in [-0.1, -0.05) is 30.3 Å². The summed E-state index contributed by atoms with van der Waals surface area (Å²) in [7, 11) is 0. The Morgan fingerprint density at radius 1 is 1.21 bits per heavy atom. The molecule has 2 fully saturated rings. The second-order valence-corrected chi connectivity index (χ2v) is 7.03. The average molecular weight is 324 g/mol. The molecule has 1 N–H and O–H groups in total. The van der Waals surface area contributed by atoms with Crippen molar-refractivity contribution in [2.24, 2.45) is 5.92 Å². The molecular weight excluding hydrogens is 300 g/mol. The van der Waals surface area contributed by atoms with Gasteiger partial charge in [0, 0.05) is 31.0 Å². The number of carbonyl (C=O) groups excluding carboxylic acids is 1. The zero-order valence-electron chi connectivity index (χ0n) is 13.9. The van der Waals surface area contributed by atoms with Gasteiger partial charge in [-0.3, -0.25) is 9.69 Å². The van der Waals surface area contributed by atoms with E-state index in [1.165, 1.54) is 5.56 Å². The van der Waals surface area contributed by atoms with Gasteiger partial charge in [-0.25, -0.2) is 0 Å². The van der Waals surface area contributed by atoms with Gasteiger partial charge in [0.1, 0.15) is 5.76 Å². The first-order valence-corrected chi connectivity index (χ1v) is 8.89. The Kier molecular flexibility index (Phi) is 4.39. The molecule has 1 aliphatic carbocycles. The molecule has 1 saturated carbocycles. The standard InChI is InChI=1S/C20H24N2O2/c23-20(18-12-17(18)19-9-5-11-24-19)21-16-8-4-10-22(14-16)13-15-6-2-1-3-7-15/h1-3,5-7,9,11,16-18H,4,8,10,12-14H2,(H,21,23). The molecule has 1 saturated heterocycles. The minimum atomic E-state index is 0.0978. The van der Waals surface area contributed by atoms with Crippen LogP contribution in [-0.4, -0.2) is 29.9 Å². The lowest BCUT2D eigenvalue weighted by molar-refractivity contribution is -0.123. The Labute approximate surface area is 142 Å².